The van der Waals surface area contributed by atoms with Crippen molar-refractivity contribution in [1.82, 2.24) is 30.2 Å². The van der Waals surface area contributed by atoms with Gasteiger partial charge in [0, 0.05) is 19.2 Å². The second-order valence-corrected chi connectivity index (χ2v) is 9.91. The Morgan fingerprint density at radius 3 is 2.37 bits per heavy atom. The SMILES string of the molecule is COCc1nc(C(=O)OCOC(=O)OC(C)C)c(C(C)(C)O)n1Cc1ccc(-c2ccccc2-c2nnn[nH]2)cc1. The van der Waals surface area contributed by atoms with E-state index in [9.17, 15) is 14.7 Å². The van der Waals surface area contributed by atoms with E-state index < -0.39 is 24.5 Å². The van der Waals surface area contributed by atoms with Crippen molar-refractivity contribution in [2.45, 2.75) is 52.6 Å². The largest absolute Gasteiger partial charge is 0.511 e. The van der Waals surface area contributed by atoms with Gasteiger partial charge in [0.1, 0.15) is 18.0 Å². The number of methoxy groups -OCH3 is 1. The molecule has 0 fully saturated rings. The molecule has 216 valence electrons. The van der Waals surface area contributed by atoms with Crippen molar-refractivity contribution in [1.29, 1.82) is 0 Å². The number of carbonyl (C=O) groups excluding carboxylic acids is 2. The average Bonchev–Trinajstić information content (AvgIpc) is 3.58. The minimum absolute atomic E-state index is 0.0737. The number of rotatable bonds is 11. The molecule has 0 saturated carbocycles. The van der Waals surface area contributed by atoms with Gasteiger partial charge in [0.25, 0.3) is 0 Å². The Hall–Kier alpha value is -4.62. The third-order valence-electron chi connectivity index (χ3n) is 5.92. The number of carbonyl (C=O) groups is 2. The van der Waals surface area contributed by atoms with E-state index in [1.165, 1.54) is 7.11 Å². The summed E-state index contributed by atoms with van der Waals surface area (Å²) in [6.45, 7) is 6.10. The van der Waals surface area contributed by atoms with Gasteiger partial charge >= 0.3 is 12.1 Å². The smallest absolute Gasteiger partial charge is 0.431 e. The van der Waals surface area contributed by atoms with E-state index in [2.05, 4.69) is 25.6 Å². The monoisotopic (exact) mass is 564 g/mol. The van der Waals surface area contributed by atoms with Crippen LogP contribution in [0.2, 0.25) is 0 Å². The molecule has 0 atom stereocenters. The van der Waals surface area contributed by atoms with Crippen LogP contribution in [0.4, 0.5) is 4.79 Å². The fourth-order valence-corrected chi connectivity index (χ4v) is 4.28. The molecule has 13 heteroatoms. The fraction of sp³-hybridized carbons (Fsp3) is 0.357. The van der Waals surface area contributed by atoms with Gasteiger partial charge in [0.2, 0.25) is 6.79 Å². The summed E-state index contributed by atoms with van der Waals surface area (Å²) in [6, 6.07) is 15.6. The topological polar surface area (TPSA) is 164 Å². The maximum Gasteiger partial charge on any atom is 0.511 e. The lowest BCUT2D eigenvalue weighted by molar-refractivity contribution is -0.0353. The Bertz CT molecular complexity index is 1470. The molecule has 4 rings (SSSR count). The first-order valence-corrected chi connectivity index (χ1v) is 12.8. The minimum atomic E-state index is -1.48. The van der Waals surface area contributed by atoms with Crippen LogP contribution in [0.25, 0.3) is 22.5 Å². The van der Waals surface area contributed by atoms with Gasteiger partial charge in [-0.3, -0.25) is 0 Å². The number of benzene rings is 2. The van der Waals surface area contributed by atoms with Crippen LogP contribution in [0.1, 0.15) is 55.3 Å². The molecule has 2 heterocycles. The molecule has 0 radical (unpaired) electrons. The summed E-state index contributed by atoms with van der Waals surface area (Å²) in [4.78, 5) is 29.0. The van der Waals surface area contributed by atoms with E-state index in [4.69, 9.17) is 18.9 Å². The van der Waals surface area contributed by atoms with Crippen LogP contribution < -0.4 is 0 Å². The predicted octanol–water partition coefficient (Wildman–Crippen LogP) is 3.83. The van der Waals surface area contributed by atoms with Crippen LogP contribution in [0, 0.1) is 0 Å². The lowest BCUT2D eigenvalue weighted by Gasteiger charge is -2.22. The van der Waals surface area contributed by atoms with Crippen molar-refractivity contribution in [3.05, 3.63) is 71.3 Å². The number of esters is 1. The number of H-pyrrole nitrogens is 1. The van der Waals surface area contributed by atoms with Crippen molar-refractivity contribution in [3.8, 4) is 22.5 Å². The first-order chi connectivity index (χ1) is 19.6. The number of nitrogens with zero attached hydrogens (tertiary/aromatic N) is 5. The molecule has 4 aromatic rings. The second-order valence-electron chi connectivity index (χ2n) is 9.91. The summed E-state index contributed by atoms with van der Waals surface area (Å²) < 4.78 is 21.8. The Balaban J connectivity index is 1.61. The zero-order valence-corrected chi connectivity index (χ0v) is 23.5. The molecule has 0 spiro atoms. The molecule has 41 heavy (non-hydrogen) atoms. The maximum absolute atomic E-state index is 13.0. The number of hydrogen-bond acceptors (Lipinski definition) is 11. The van der Waals surface area contributed by atoms with Crippen molar-refractivity contribution >= 4 is 12.1 Å². The molecule has 0 aliphatic rings. The normalized spacial score (nSPS) is 11.5. The number of tetrazole rings is 1. The zero-order valence-electron chi connectivity index (χ0n) is 23.5. The summed E-state index contributed by atoms with van der Waals surface area (Å²) in [5, 5.41) is 25.2. The van der Waals surface area contributed by atoms with Crippen molar-refractivity contribution in [2.24, 2.45) is 0 Å². The molecule has 0 bridgehead atoms. The van der Waals surface area contributed by atoms with Gasteiger partial charge in [0.15, 0.2) is 11.5 Å². The van der Waals surface area contributed by atoms with E-state index in [1.54, 1.807) is 32.3 Å². The summed E-state index contributed by atoms with van der Waals surface area (Å²) in [5.74, 6) is 0.0946. The number of imidazole rings is 1. The zero-order chi connectivity index (χ0) is 29.6. The highest BCUT2D eigenvalue weighted by Gasteiger charge is 2.33. The molecule has 13 nitrogen and oxygen atoms in total. The first kappa shape index (κ1) is 29.4. The highest BCUT2D eigenvalue weighted by atomic mass is 16.8. The van der Waals surface area contributed by atoms with E-state index in [0.29, 0.717) is 11.6 Å². The Kier molecular flexibility index (Phi) is 9.10. The van der Waals surface area contributed by atoms with E-state index in [1.807, 2.05) is 48.5 Å². The van der Waals surface area contributed by atoms with Gasteiger partial charge in [-0.05, 0) is 54.8 Å². The molecule has 2 aromatic carbocycles. The van der Waals surface area contributed by atoms with Gasteiger partial charge in [0.05, 0.1) is 11.8 Å². The van der Waals surface area contributed by atoms with E-state index >= 15 is 0 Å². The van der Waals surface area contributed by atoms with E-state index in [0.717, 1.165) is 22.3 Å². The molecule has 2 N–H and O–H groups in total. The Morgan fingerprint density at radius 2 is 1.76 bits per heavy atom. The number of hydrogen-bond donors (Lipinski definition) is 2. The standard InChI is InChI=1S/C28H32N6O7/c1-17(2)41-27(36)40-16-39-26(35)23-24(28(3,4)37)34(22(29-23)15-38-5)14-18-10-12-19(13-11-18)20-8-6-7-9-21(20)25-30-32-33-31-25/h6-13,17,37H,14-16H2,1-5H3,(H,30,31,32,33). The van der Waals surface area contributed by atoms with Crippen molar-refractivity contribution in [2.75, 3.05) is 13.9 Å². The molecule has 0 unspecified atom stereocenters. The average molecular weight is 565 g/mol. The van der Waals surface area contributed by atoms with Crippen LogP contribution >= 0.6 is 0 Å². The molecule has 0 aliphatic carbocycles. The first-order valence-electron chi connectivity index (χ1n) is 12.8. The van der Waals surface area contributed by atoms with Crippen LogP contribution in [0.5, 0.6) is 0 Å². The summed E-state index contributed by atoms with van der Waals surface area (Å²) >= 11 is 0. The van der Waals surface area contributed by atoms with Gasteiger partial charge in [-0.15, -0.1) is 5.10 Å². The number of nitrogens with one attached hydrogen (secondary N) is 1. The fourth-order valence-electron chi connectivity index (χ4n) is 4.28. The number of ether oxygens (including phenoxy) is 4. The molecular weight excluding hydrogens is 532 g/mol. The van der Waals surface area contributed by atoms with Gasteiger partial charge < -0.3 is 28.6 Å². The molecule has 0 amide bonds. The lowest BCUT2D eigenvalue weighted by atomic mass is 9.98. The summed E-state index contributed by atoms with van der Waals surface area (Å²) in [5.41, 5.74) is 2.27. The van der Waals surface area contributed by atoms with E-state index in [-0.39, 0.29) is 30.6 Å². The quantitative estimate of drug-likeness (QED) is 0.201. The molecular formula is C28H32N6O7. The second kappa shape index (κ2) is 12.7. The maximum atomic E-state index is 13.0. The molecule has 0 saturated heterocycles. The highest BCUT2D eigenvalue weighted by Crippen LogP contribution is 2.31. The van der Waals surface area contributed by atoms with Crippen molar-refractivity contribution < 1.29 is 33.6 Å². The third kappa shape index (κ3) is 7.13. The van der Waals surface area contributed by atoms with Crippen molar-refractivity contribution in [3.63, 3.8) is 0 Å². The number of aromatic amines is 1. The Morgan fingerprint density at radius 1 is 1.05 bits per heavy atom. The van der Waals surface area contributed by atoms with Crippen LogP contribution in [-0.2, 0) is 37.7 Å². The predicted molar refractivity (Wildman–Crippen MR) is 145 cm³/mol. The van der Waals surface area contributed by atoms with Crippen LogP contribution in [-0.4, -0.2) is 67.4 Å². The molecule has 0 aliphatic heterocycles. The number of aliphatic hydroxyl groups is 1. The third-order valence-corrected chi connectivity index (χ3v) is 5.92. The Labute approximate surface area is 236 Å². The van der Waals surface area contributed by atoms with Gasteiger partial charge in [-0.1, -0.05) is 48.5 Å². The minimum Gasteiger partial charge on any atom is -0.431 e. The van der Waals surface area contributed by atoms with Crippen LogP contribution in [0.15, 0.2) is 48.5 Å². The lowest BCUT2D eigenvalue weighted by Crippen LogP contribution is -2.26. The van der Waals surface area contributed by atoms with Crippen LogP contribution in [0.3, 0.4) is 0 Å². The number of aromatic nitrogens is 6. The highest BCUT2D eigenvalue weighted by molar-refractivity contribution is 5.89. The summed E-state index contributed by atoms with van der Waals surface area (Å²) in [6.07, 6.45) is -1.36. The molecule has 2 aromatic heterocycles. The van der Waals surface area contributed by atoms with Gasteiger partial charge in [-0.25, -0.2) is 19.7 Å². The summed E-state index contributed by atoms with van der Waals surface area (Å²) in [7, 11) is 1.51. The van der Waals surface area contributed by atoms with Gasteiger partial charge in [-0.2, -0.15) is 0 Å².